The number of para-hydroxylation sites is 1. The lowest BCUT2D eigenvalue weighted by molar-refractivity contribution is 0.355. The second kappa shape index (κ2) is 7.57. The van der Waals surface area contributed by atoms with Gasteiger partial charge in [-0.3, -0.25) is 4.68 Å². The van der Waals surface area contributed by atoms with Crippen molar-refractivity contribution in [2.45, 2.75) is 26.3 Å². The van der Waals surface area contributed by atoms with Gasteiger partial charge in [-0.1, -0.05) is 23.7 Å². The highest BCUT2D eigenvalue weighted by Crippen LogP contribution is 2.38. The molecule has 28 heavy (non-hydrogen) atoms. The molecule has 0 aliphatic heterocycles. The molecule has 0 spiro atoms. The molecule has 2 heterocycles. The number of aromatic nitrogens is 4. The van der Waals surface area contributed by atoms with E-state index in [-0.39, 0.29) is 5.54 Å². The second-order valence-electron chi connectivity index (χ2n) is 7.85. The van der Waals surface area contributed by atoms with Gasteiger partial charge in [0.2, 0.25) is 5.95 Å². The quantitative estimate of drug-likeness (QED) is 0.578. The molecule has 0 bridgehead atoms. The Labute approximate surface area is 169 Å². The zero-order chi connectivity index (χ0) is 20.5. The molecule has 0 aliphatic carbocycles. The van der Waals surface area contributed by atoms with Gasteiger partial charge in [-0.05, 0) is 46.2 Å². The van der Waals surface area contributed by atoms with Crippen molar-refractivity contribution in [1.29, 1.82) is 0 Å². The molecule has 0 fully saturated rings. The van der Waals surface area contributed by atoms with E-state index < -0.39 is 7.14 Å². The summed E-state index contributed by atoms with van der Waals surface area (Å²) in [5.74, 6) is 0.817. The smallest absolute Gasteiger partial charge is 0.229 e. The average molecular weight is 419 g/mol. The van der Waals surface area contributed by atoms with Crippen LogP contribution in [-0.4, -0.2) is 33.1 Å². The molecule has 9 heteroatoms. The van der Waals surface area contributed by atoms with Gasteiger partial charge in [-0.2, -0.15) is 10.1 Å². The normalized spacial score (nSPS) is 12.1. The summed E-state index contributed by atoms with van der Waals surface area (Å²) < 4.78 is 14.4. The summed E-state index contributed by atoms with van der Waals surface area (Å²) >= 11 is 6.28. The molecular weight excluding hydrogens is 395 g/mol. The van der Waals surface area contributed by atoms with E-state index in [1.54, 1.807) is 19.5 Å². The fourth-order valence-corrected chi connectivity index (χ4v) is 3.87. The number of anilines is 4. The van der Waals surface area contributed by atoms with Crippen molar-refractivity contribution in [2.24, 2.45) is 0 Å². The van der Waals surface area contributed by atoms with Crippen LogP contribution in [0.15, 0.2) is 42.9 Å². The first-order chi connectivity index (χ1) is 13.0. The Hall–Kier alpha value is -2.37. The van der Waals surface area contributed by atoms with E-state index in [9.17, 15) is 4.57 Å². The van der Waals surface area contributed by atoms with E-state index in [1.165, 1.54) is 6.20 Å². The lowest BCUT2D eigenvalue weighted by atomic mass is 10.1. The first-order valence-electron chi connectivity index (χ1n) is 8.80. The summed E-state index contributed by atoms with van der Waals surface area (Å²) in [6.07, 6.45) is 5.13. The van der Waals surface area contributed by atoms with Gasteiger partial charge in [-0.25, -0.2) is 4.98 Å². The molecule has 0 saturated carbocycles. The van der Waals surface area contributed by atoms with Crippen molar-refractivity contribution < 1.29 is 4.57 Å². The number of hydrogen-bond acceptors (Lipinski definition) is 6. The summed E-state index contributed by atoms with van der Waals surface area (Å²) in [5, 5.41) is 11.8. The molecule has 3 rings (SSSR count). The third-order valence-electron chi connectivity index (χ3n) is 4.01. The SMILES string of the molecule is CC(C)(C)n1cc(Nc2ncc(Cl)c(Nc3ccccc3P(C)(C)=O)n2)cn1. The van der Waals surface area contributed by atoms with E-state index >= 15 is 0 Å². The van der Waals surface area contributed by atoms with Crippen molar-refractivity contribution in [3.8, 4) is 0 Å². The molecule has 0 saturated heterocycles. The number of hydrogen-bond donors (Lipinski definition) is 2. The van der Waals surface area contributed by atoms with Gasteiger partial charge in [0.25, 0.3) is 0 Å². The minimum atomic E-state index is -2.46. The lowest BCUT2D eigenvalue weighted by Gasteiger charge is -2.18. The first kappa shape index (κ1) is 20.4. The number of rotatable bonds is 5. The number of nitrogens with one attached hydrogen (secondary N) is 2. The van der Waals surface area contributed by atoms with E-state index in [1.807, 2.05) is 35.1 Å². The zero-order valence-electron chi connectivity index (χ0n) is 16.6. The van der Waals surface area contributed by atoms with Gasteiger partial charge in [0.05, 0.1) is 29.3 Å². The topological polar surface area (TPSA) is 84.7 Å². The molecule has 2 aromatic heterocycles. The molecule has 0 amide bonds. The maximum absolute atomic E-state index is 12.6. The van der Waals surface area contributed by atoms with E-state index in [2.05, 4.69) is 46.5 Å². The Balaban J connectivity index is 1.87. The third-order valence-corrected chi connectivity index (χ3v) is 5.83. The highest BCUT2D eigenvalue weighted by atomic mass is 35.5. The molecule has 0 atom stereocenters. The number of nitrogens with zero attached hydrogens (tertiary/aromatic N) is 4. The van der Waals surface area contributed by atoms with Crippen LogP contribution in [-0.2, 0) is 10.1 Å². The number of benzene rings is 1. The summed E-state index contributed by atoms with van der Waals surface area (Å²) in [6, 6.07) is 7.43. The summed E-state index contributed by atoms with van der Waals surface area (Å²) in [5.41, 5.74) is 1.36. The van der Waals surface area contributed by atoms with E-state index in [0.29, 0.717) is 22.5 Å². The van der Waals surface area contributed by atoms with Crippen LogP contribution < -0.4 is 15.9 Å². The zero-order valence-corrected chi connectivity index (χ0v) is 18.2. The van der Waals surface area contributed by atoms with E-state index in [4.69, 9.17) is 11.6 Å². The minimum absolute atomic E-state index is 0.120. The monoisotopic (exact) mass is 418 g/mol. The molecular formula is C19H24ClN6OP. The lowest BCUT2D eigenvalue weighted by Crippen LogP contribution is -2.21. The summed E-state index contributed by atoms with van der Waals surface area (Å²) in [4.78, 5) is 8.70. The van der Waals surface area contributed by atoms with Crippen LogP contribution in [0, 0.1) is 0 Å². The third kappa shape index (κ3) is 4.72. The van der Waals surface area contributed by atoms with Crippen LogP contribution in [0.5, 0.6) is 0 Å². The highest BCUT2D eigenvalue weighted by Gasteiger charge is 2.18. The maximum atomic E-state index is 12.6. The Morgan fingerprint density at radius 1 is 1.11 bits per heavy atom. The first-order valence-corrected chi connectivity index (χ1v) is 11.8. The van der Waals surface area contributed by atoms with Crippen molar-refractivity contribution in [3.05, 3.63) is 47.9 Å². The largest absolute Gasteiger partial charge is 0.338 e. The van der Waals surface area contributed by atoms with Crippen molar-refractivity contribution in [1.82, 2.24) is 19.7 Å². The molecule has 0 radical (unpaired) electrons. The molecule has 2 N–H and O–H groups in total. The molecule has 7 nitrogen and oxygen atoms in total. The fraction of sp³-hybridized carbons (Fsp3) is 0.316. The van der Waals surface area contributed by atoms with Crippen LogP contribution in [0.3, 0.4) is 0 Å². The Morgan fingerprint density at radius 2 is 1.82 bits per heavy atom. The van der Waals surface area contributed by atoms with Crippen LogP contribution in [0.2, 0.25) is 5.02 Å². The van der Waals surface area contributed by atoms with Crippen LogP contribution in [0.4, 0.5) is 23.1 Å². The van der Waals surface area contributed by atoms with Crippen LogP contribution >= 0.6 is 18.7 Å². The van der Waals surface area contributed by atoms with Gasteiger partial charge in [0, 0.05) is 11.5 Å². The van der Waals surface area contributed by atoms with Gasteiger partial charge in [0.15, 0.2) is 5.82 Å². The van der Waals surface area contributed by atoms with Gasteiger partial charge < -0.3 is 15.2 Å². The van der Waals surface area contributed by atoms with Gasteiger partial charge in [-0.15, -0.1) is 0 Å². The Kier molecular flexibility index (Phi) is 5.50. The predicted octanol–water partition coefficient (Wildman–Crippen LogP) is 4.82. The number of halogens is 1. The Morgan fingerprint density at radius 3 is 2.46 bits per heavy atom. The molecule has 1 aromatic carbocycles. The van der Waals surface area contributed by atoms with Crippen LogP contribution in [0.1, 0.15) is 20.8 Å². The molecule has 0 unspecified atom stereocenters. The van der Waals surface area contributed by atoms with Crippen molar-refractivity contribution >= 4 is 47.2 Å². The minimum Gasteiger partial charge on any atom is -0.338 e. The standard InChI is InChI=1S/C19H24ClN6OP/c1-19(2,3)26-12-13(10-22-26)23-18-21-11-14(20)17(25-18)24-15-8-6-7-9-16(15)28(4,5)27/h6-12H,1-5H3,(H2,21,23,24,25). The Bertz CT molecular complexity index is 1040. The summed E-state index contributed by atoms with van der Waals surface area (Å²) in [7, 11) is -2.46. The van der Waals surface area contributed by atoms with Gasteiger partial charge >= 0.3 is 0 Å². The highest BCUT2D eigenvalue weighted by molar-refractivity contribution is 7.70. The predicted molar refractivity (Wildman–Crippen MR) is 116 cm³/mol. The maximum Gasteiger partial charge on any atom is 0.229 e. The van der Waals surface area contributed by atoms with Gasteiger partial charge in [0.1, 0.15) is 12.2 Å². The average Bonchev–Trinajstić information content (AvgIpc) is 3.06. The molecule has 3 aromatic rings. The molecule has 148 valence electrons. The molecule has 0 aliphatic rings. The van der Waals surface area contributed by atoms with Crippen LogP contribution in [0.25, 0.3) is 0 Å². The van der Waals surface area contributed by atoms with E-state index in [0.717, 1.165) is 11.0 Å². The fourth-order valence-electron chi connectivity index (χ4n) is 2.57. The second-order valence-corrected chi connectivity index (χ2v) is 11.4. The summed E-state index contributed by atoms with van der Waals surface area (Å²) in [6.45, 7) is 9.68. The van der Waals surface area contributed by atoms with Crippen molar-refractivity contribution in [3.63, 3.8) is 0 Å². The van der Waals surface area contributed by atoms with Crippen molar-refractivity contribution in [2.75, 3.05) is 24.0 Å².